The molecule has 1 aliphatic rings. The molecular weight excluding hydrogens is 316 g/mol. The Kier molecular flexibility index (Phi) is 5.50. The van der Waals surface area contributed by atoms with Crippen molar-refractivity contribution in [3.05, 3.63) is 52.8 Å². The number of benzene rings is 1. The molecule has 6 heteroatoms. The molecule has 2 heterocycles. The van der Waals surface area contributed by atoms with E-state index in [1.54, 1.807) is 0 Å². The Labute approximate surface area is 148 Å². The van der Waals surface area contributed by atoms with Gasteiger partial charge in [-0.1, -0.05) is 24.3 Å². The van der Waals surface area contributed by atoms with Crippen LogP contribution < -0.4 is 5.32 Å². The standard InChI is InChI=1S/C19H26N4O2/c1-13-5-3-4-6-15(13)9-20-19(25)12-23-10-16(18(24)11-23)8-17-7-14(2)21-22-17/h3-7,16,18,24H,8-12H2,1-2H3,(H,20,25)(H,21,22)/t16-,18-/m1/s1. The number of aliphatic hydroxyl groups excluding tert-OH is 1. The molecule has 1 aliphatic heterocycles. The molecule has 1 fully saturated rings. The number of likely N-dealkylation sites (tertiary alicyclic amines) is 1. The van der Waals surface area contributed by atoms with Crippen LogP contribution in [0.4, 0.5) is 0 Å². The lowest BCUT2D eigenvalue weighted by atomic mass is 10.0. The molecule has 134 valence electrons. The number of amides is 1. The van der Waals surface area contributed by atoms with Crippen molar-refractivity contribution in [3.8, 4) is 0 Å². The molecule has 0 spiro atoms. The first kappa shape index (κ1) is 17.6. The molecule has 1 saturated heterocycles. The van der Waals surface area contributed by atoms with Crippen LogP contribution in [0.2, 0.25) is 0 Å². The van der Waals surface area contributed by atoms with E-state index in [1.165, 1.54) is 5.56 Å². The van der Waals surface area contributed by atoms with Crippen LogP contribution in [0.15, 0.2) is 30.3 Å². The maximum atomic E-state index is 12.2. The summed E-state index contributed by atoms with van der Waals surface area (Å²) in [6.45, 7) is 6.11. The molecule has 1 amide bonds. The molecule has 0 bridgehead atoms. The lowest BCUT2D eigenvalue weighted by Gasteiger charge is -2.15. The Morgan fingerprint density at radius 3 is 2.88 bits per heavy atom. The maximum absolute atomic E-state index is 12.2. The van der Waals surface area contributed by atoms with Crippen LogP contribution in [0, 0.1) is 19.8 Å². The van der Waals surface area contributed by atoms with Gasteiger partial charge in [0.15, 0.2) is 0 Å². The fourth-order valence-corrected chi connectivity index (χ4v) is 3.38. The zero-order valence-electron chi connectivity index (χ0n) is 14.8. The predicted octanol–water partition coefficient (Wildman–Crippen LogP) is 1.18. The van der Waals surface area contributed by atoms with Gasteiger partial charge in [-0.3, -0.25) is 14.8 Å². The van der Waals surface area contributed by atoms with E-state index in [4.69, 9.17) is 0 Å². The fraction of sp³-hybridized carbons (Fsp3) is 0.474. The summed E-state index contributed by atoms with van der Waals surface area (Å²) in [6.07, 6.45) is 0.313. The molecule has 0 unspecified atom stereocenters. The summed E-state index contributed by atoms with van der Waals surface area (Å²) in [5.41, 5.74) is 4.29. The second-order valence-electron chi connectivity index (χ2n) is 6.97. The van der Waals surface area contributed by atoms with Crippen LogP contribution in [0.3, 0.4) is 0 Å². The molecule has 2 aromatic rings. The van der Waals surface area contributed by atoms with E-state index >= 15 is 0 Å². The second kappa shape index (κ2) is 7.80. The number of aromatic amines is 1. The van der Waals surface area contributed by atoms with Crippen LogP contribution in [0.5, 0.6) is 0 Å². The molecule has 25 heavy (non-hydrogen) atoms. The third kappa shape index (κ3) is 4.67. The number of aliphatic hydroxyl groups is 1. The van der Waals surface area contributed by atoms with Gasteiger partial charge in [0.05, 0.1) is 18.3 Å². The zero-order chi connectivity index (χ0) is 17.8. The lowest BCUT2D eigenvalue weighted by molar-refractivity contribution is -0.122. The number of aromatic nitrogens is 2. The quantitative estimate of drug-likeness (QED) is 0.736. The molecule has 2 atom stereocenters. The van der Waals surface area contributed by atoms with Crippen molar-refractivity contribution < 1.29 is 9.90 Å². The minimum Gasteiger partial charge on any atom is -0.391 e. The summed E-state index contributed by atoms with van der Waals surface area (Å²) in [4.78, 5) is 14.2. The van der Waals surface area contributed by atoms with E-state index in [-0.39, 0.29) is 11.8 Å². The highest BCUT2D eigenvalue weighted by Crippen LogP contribution is 2.20. The van der Waals surface area contributed by atoms with E-state index in [0.29, 0.717) is 26.2 Å². The largest absolute Gasteiger partial charge is 0.391 e. The van der Waals surface area contributed by atoms with Gasteiger partial charge in [-0.15, -0.1) is 0 Å². The summed E-state index contributed by atoms with van der Waals surface area (Å²) >= 11 is 0. The number of H-pyrrole nitrogens is 1. The highest BCUT2D eigenvalue weighted by molar-refractivity contribution is 5.78. The zero-order valence-corrected chi connectivity index (χ0v) is 14.8. The molecule has 3 N–H and O–H groups in total. The minimum atomic E-state index is -0.416. The van der Waals surface area contributed by atoms with Crippen LogP contribution in [0.1, 0.15) is 22.5 Å². The molecule has 0 aliphatic carbocycles. The van der Waals surface area contributed by atoms with Gasteiger partial charge in [-0.2, -0.15) is 5.10 Å². The summed E-state index contributed by atoms with van der Waals surface area (Å²) in [7, 11) is 0. The summed E-state index contributed by atoms with van der Waals surface area (Å²) in [6, 6.07) is 10.0. The van der Waals surface area contributed by atoms with E-state index in [9.17, 15) is 9.90 Å². The first-order valence-corrected chi connectivity index (χ1v) is 8.74. The van der Waals surface area contributed by atoms with Crippen LogP contribution in [-0.2, 0) is 17.8 Å². The minimum absolute atomic E-state index is 0.00767. The van der Waals surface area contributed by atoms with E-state index < -0.39 is 6.10 Å². The fourth-order valence-electron chi connectivity index (χ4n) is 3.38. The molecule has 1 aromatic heterocycles. The third-order valence-corrected chi connectivity index (χ3v) is 4.82. The van der Waals surface area contributed by atoms with Crippen LogP contribution >= 0.6 is 0 Å². The number of β-amino-alcohol motifs (C(OH)–C–C–N with tert-alkyl or cyclic N) is 1. The smallest absolute Gasteiger partial charge is 0.234 e. The Morgan fingerprint density at radius 2 is 2.16 bits per heavy atom. The number of carbonyl (C=O) groups excluding carboxylic acids is 1. The summed E-state index contributed by atoms with van der Waals surface area (Å²) < 4.78 is 0. The summed E-state index contributed by atoms with van der Waals surface area (Å²) in [5, 5.41) is 20.4. The number of aryl methyl sites for hydroxylation is 2. The van der Waals surface area contributed by atoms with Crippen LogP contribution in [-0.4, -0.2) is 51.8 Å². The third-order valence-electron chi connectivity index (χ3n) is 4.82. The van der Waals surface area contributed by atoms with Gasteiger partial charge in [0, 0.05) is 31.2 Å². The van der Waals surface area contributed by atoms with Crippen molar-refractivity contribution in [3.63, 3.8) is 0 Å². The van der Waals surface area contributed by atoms with Gasteiger partial charge < -0.3 is 10.4 Å². The van der Waals surface area contributed by atoms with Crippen molar-refractivity contribution >= 4 is 5.91 Å². The van der Waals surface area contributed by atoms with E-state index in [2.05, 4.69) is 15.5 Å². The SMILES string of the molecule is Cc1cc(C[C@@H]2CN(CC(=O)NCc3ccccc3C)C[C@H]2O)n[nH]1. The van der Waals surface area contributed by atoms with Gasteiger partial charge >= 0.3 is 0 Å². The van der Waals surface area contributed by atoms with Gasteiger partial charge in [-0.25, -0.2) is 0 Å². The van der Waals surface area contributed by atoms with Crippen molar-refractivity contribution in [1.29, 1.82) is 0 Å². The van der Waals surface area contributed by atoms with E-state index in [0.717, 1.165) is 23.4 Å². The van der Waals surface area contributed by atoms with Crippen molar-refractivity contribution in [1.82, 2.24) is 20.4 Å². The number of rotatable bonds is 6. The average molecular weight is 342 g/mol. The number of hydrogen-bond donors (Lipinski definition) is 3. The maximum Gasteiger partial charge on any atom is 0.234 e. The normalized spacial score (nSPS) is 20.8. The van der Waals surface area contributed by atoms with Gasteiger partial charge in [0.2, 0.25) is 5.91 Å². The predicted molar refractivity (Wildman–Crippen MR) is 96.0 cm³/mol. The average Bonchev–Trinajstić information content (AvgIpc) is 3.13. The Hall–Kier alpha value is -2.18. The van der Waals surface area contributed by atoms with Gasteiger partial charge in [-0.05, 0) is 37.5 Å². The highest BCUT2D eigenvalue weighted by Gasteiger charge is 2.32. The highest BCUT2D eigenvalue weighted by atomic mass is 16.3. The molecule has 0 saturated carbocycles. The first-order valence-electron chi connectivity index (χ1n) is 8.74. The molecule has 3 rings (SSSR count). The van der Waals surface area contributed by atoms with Crippen molar-refractivity contribution in [2.24, 2.45) is 5.92 Å². The molecule has 0 radical (unpaired) electrons. The molecule has 6 nitrogen and oxygen atoms in total. The first-order chi connectivity index (χ1) is 12.0. The number of carbonyl (C=O) groups is 1. The van der Waals surface area contributed by atoms with Crippen molar-refractivity contribution in [2.75, 3.05) is 19.6 Å². The van der Waals surface area contributed by atoms with E-state index in [1.807, 2.05) is 49.1 Å². The molecular formula is C19H26N4O2. The summed E-state index contributed by atoms with van der Waals surface area (Å²) in [5.74, 6) is 0.110. The van der Waals surface area contributed by atoms with Crippen LogP contribution in [0.25, 0.3) is 0 Å². The topological polar surface area (TPSA) is 81.2 Å². The second-order valence-corrected chi connectivity index (χ2v) is 6.97. The number of nitrogens with one attached hydrogen (secondary N) is 2. The van der Waals surface area contributed by atoms with Crippen molar-refractivity contribution in [2.45, 2.75) is 32.9 Å². The lowest BCUT2D eigenvalue weighted by Crippen LogP contribution is -2.36. The molecule has 1 aromatic carbocycles. The Balaban J connectivity index is 1.46. The number of nitrogens with zero attached hydrogens (tertiary/aromatic N) is 2. The van der Waals surface area contributed by atoms with Gasteiger partial charge in [0.25, 0.3) is 0 Å². The Bertz CT molecular complexity index is 728. The Morgan fingerprint density at radius 1 is 1.36 bits per heavy atom. The van der Waals surface area contributed by atoms with Gasteiger partial charge in [0.1, 0.15) is 0 Å². The number of hydrogen-bond acceptors (Lipinski definition) is 4. The monoisotopic (exact) mass is 342 g/mol.